The predicted molar refractivity (Wildman–Crippen MR) is 83.8 cm³/mol. The first-order valence-electron chi connectivity index (χ1n) is 7.33. The molecule has 0 amide bonds. The predicted octanol–water partition coefficient (Wildman–Crippen LogP) is 3.48. The Morgan fingerprint density at radius 3 is 2.84 bits per heavy atom. The van der Waals surface area contributed by atoms with Crippen molar-refractivity contribution in [3.05, 3.63) is 35.9 Å². The second-order valence-electron chi connectivity index (χ2n) is 5.71. The van der Waals surface area contributed by atoms with Gasteiger partial charge in [0.1, 0.15) is 0 Å². The summed E-state index contributed by atoms with van der Waals surface area (Å²) in [6.07, 6.45) is 5.14. The van der Waals surface area contributed by atoms with Gasteiger partial charge in [-0.15, -0.1) is 0 Å². The smallest absolute Gasteiger partial charge is 0.157 e. The Labute approximate surface area is 120 Å². The molecule has 1 heterocycles. The summed E-state index contributed by atoms with van der Waals surface area (Å²) < 4.78 is 0. The first-order valence-corrected chi connectivity index (χ1v) is 8.21. The molecule has 1 N–H and O–H groups in total. The minimum atomic E-state index is 0.504. The molecule has 0 radical (unpaired) electrons. The van der Waals surface area contributed by atoms with Gasteiger partial charge in [0.25, 0.3) is 0 Å². The normalized spacial score (nSPS) is 24.1. The van der Waals surface area contributed by atoms with E-state index in [1.165, 1.54) is 23.6 Å². The molecule has 2 aliphatic rings. The van der Waals surface area contributed by atoms with Crippen LogP contribution in [0.25, 0.3) is 0 Å². The standard InChI is InChI=1S/C16H22N2S/c1-12(7-8-13-5-3-2-4-6-13)18-16-17-11-15(19-16)14-9-10-14/h2-6,12,14-15H,7-11H2,1H3,(H,17,18). The van der Waals surface area contributed by atoms with E-state index in [9.17, 15) is 0 Å². The van der Waals surface area contributed by atoms with E-state index in [1.54, 1.807) is 0 Å². The number of benzene rings is 1. The van der Waals surface area contributed by atoms with Gasteiger partial charge in [0.15, 0.2) is 5.17 Å². The van der Waals surface area contributed by atoms with Gasteiger partial charge in [-0.05, 0) is 44.1 Å². The molecule has 2 nitrogen and oxygen atoms in total. The molecule has 1 aliphatic heterocycles. The molecular weight excluding hydrogens is 252 g/mol. The van der Waals surface area contributed by atoms with E-state index in [1.807, 2.05) is 11.8 Å². The summed E-state index contributed by atoms with van der Waals surface area (Å²) in [5.74, 6) is 0.952. The number of amidine groups is 1. The Balaban J connectivity index is 1.40. The third-order valence-electron chi connectivity index (χ3n) is 3.90. The highest BCUT2D eigenvalue weighted by Gasteiger charge is 2.35. The molecule has 1 aromatic rings. The molecule has 1 fully saturated rings. The fourth-order valence-corrected chi connectivity index (χ4v) is 3.81. The lowest BCUT2D eigenvalue weighted by molar-refractivity contribution is 0.610. The Bertz CT molecular complexity index is 439. The molecule has 0 aromatic heterocycles. The summed E-state index contributed by atoms with van der Waals surface area (Å²) in [6, 6.07) is 11.2. The maximum Gasteiger partial charge on any atom is 0.157 e. The quantitative estimate of drug-likeness (QED) is 0.889. The van der Waals surface area contributed by atoms with Crippen molar-refractivity contribution in [3.8, 4) is 0 Å². The van der Waals surface area contributed by atoms with Crippen LogP contribution < -0.4 is 5.32 Å². The number of aliphatic imine (C=N–C) groups is 1. The van der Waals surface area contributed by atoms with Crippen LogP contribution in [0.2, 0.25) is 0 Å². The van der Waals surface area contributed by atoms with E-state index in [-0.39, 0.29) is 0 Å². The van der Waals surface area contributed by atoms with E-state index in [0.717, 1.165) is 30.6 Å². The second kappa shape index (κ2) is 6.00. The molecule has 2 unspecified atom stereocenters. The molecule has 19 heavy (non-hydrogen) atoms. The summed E-state index contributed by atoms with van der Waals surface area (Å²) in [4.78, 5) is 4.64. The highest BCUT2D eigenvalue weighted by molar-refractivity contribution is 8.14. The molecule has 0 bridgehead atoms. The van der Waals surface area contributed by atoms with Crippen LogP contribution in [0.4, 0.5) is 0 Å². The van der Waals surface area contributed by atoms with Gasteiger partial charge in [0, 0.05) is 11.3 Å². The average Bonchev–Trinajstić information content (AvgIpc) is 3.19. The number of nitrogens with zero attached hydrogens (tertiary/aromatic N) is 1. The van der Waals surface area contributed by atoms with E-state index < -0.39 is 0 Å². The van der Waals surface area contributed by atoms with E-state index in [2.05, 4.69) is 47.6 Å². The number of hydrogen-bond donors (Lipinski definition) is 1. The first kappa shape index (κ1) is 13.0. The van der Waals surface area contributed by atoms with Crippen LogP contribution in [-0.4, -0.2) is 23.0 Å². The van der Waals surface area contributed by atoms with Gasteiger partial charge in [-0.1, -0.05) is 42.1 Å². The largest absolute Gasteiger partial charge is 0.362 e. The van der Waals surface area contributed by atoms with Crippen LogP contribution in [0.15, 0.2) is 35.3 Å². The third-order valence-corrected chi connectivity index (χ3v) is 5.21. The van der Waals surface area contributed by atoms with Crippen molar-refractivity contribution in [1.29, 1.82) is 0 Å². The lowest BCUT2D eigenvalue weighted by atomic mass is 10.1. The van der Waals surface area contributed by atoms with Crippen molar-refractivity contribution in [1.82, 2.24) is 5.32 Å². The van der Waals surface area contributed by atoms with Gasteiger partial charge < -0.3 is 5.32 Å². The number of thioether (sulfide) groups is 1. The lowest BCUT2D eigenvalue weighted by Crippen LogP contribution is -2.30. The lowest BCUT2D eigenvalue weighted by Gasteiger charge is -2.15. The summed E-state index contributed by atoms with van der Waals surface area (Å²) >= 11 is 1.97. The minimum Gasteiger partial charge on any atom is -0.362 e. The fraction of sp³-hybridized carbons (Fsp3) is 0.562. The monoisotopic (exact) mass is 274 g/mol. The topological polar surface area (TPSA) is 24.4 Å². The highest BCUT2D eigenvalue weighted by atomic mass is 32.2. The second-order valence-corrected chi connectivity index (χ2v) is 6.94. The molecule has 1 aliphatic carbocycles. The van der Waals surface area contributed by atoms with Gasteiger partial charge in [-0.3, -0.25) is 4.99 Å². The summed E-state index contributed by atoms with van der Waals surface area (Å²) in [6.45, 7) is 3.29. The zero-order chi connectivity index (χ0) is 13.1. The first-order chi connectivity index (χ1) is 9.31. The molecule has 1 aromatic carbocycles. The number of rotatable bonds is 5. The molecule has 0 spiro atoms. The SMILES string of the molecule is CC(CCc1ccccc1)NC1=NCC(C2CC2)S1. The number of nitrogens with one attached hydrogen (secondary N) is 1. The summed E-state index contributed by atoms with van der Waals surface area (Å²) in [5, 5.41) is 5.52. The zero-order valence-corrected chi connectivity index (χ0v) is 12.3. The highest BCUT2D eigenvalue weighted by Crippen LogP contribution is 2.41. The maximum absolute atomic E-state index is 4.64. The molecule has 3 heteroatoms. The molecule has 102 valence electrons. The Hall–Kier alpha value is -0.960. The van der Waals surface area contributed by atoms with Crippen LogP contribution in [0, 0.1) is 5.92 Å². The van der Waals surface area contributed by atoms with Gasteiger partial charge in [0.2, 0.25) is 0 Å². The van der Waals surface area contributed by atoms with Crippen LogP contribution in [-0.2, 0) is 6.42 Å². The van der Waals surface area contributed by atoms with E-state index in [0.29, 0.717) is 6.04 Å². The Morgan fingerprint density at radius 1 is 1.32 bits per heavy atom. The van der Waals surface area contributed by atoms with Crippen molar-refractivity contribution in [3.63, 3.8) is 0 Å². The maximum atomic E-state index is 4.64. The van der Waals surface area contributed by atoms with Gasteiger partial charge >= 0.3 is 0 Å². The molecule has 2 atom stereocenters. The molecule has 0 saturated heterocycles. The van der Waals surface area contributed by atoms with Crippen LogP contribution >= 0.6 is 11.8 Å². The van der Waals surface area contributed by atoms with Crippen molar-refractivity contribution in [2.75, 3.05) is 6.54 Å². The van der Waals surface area contributed by atoms with Crippen molar-refractivity contribution < 1.29 is 0 Å². The average molecular weight is 274 g/mol. The zero-order valence-electron chi connectivity index (χ0n) is 11.5. The Morgan fingerprint density at radius 2 is 2.11 bits per heavy atom. The van der Waals surface area contributed by atoms with Crippen LogP contribution in [0.5, 0.6) is 0 Å². The summed E-state index contributed by atoms with van der Waals surface area (Å²) in [7, 11) is 0. The minimum absolute atomic E-state index is 0.504. The van der Waals surface area contributed by atoms with E-state index >= 15 is 0 Å². The fourth-order valence-electron chi connectivity index (χ4n) is 2.49. The molecule has 3 rings (SSSR count). The molecule has 1 saturated carbocycles. The number of hydrogen-bond acceptors (Lipinski definition) is 3. The van der Waals surface area contributed by atoms with E-state index in [4.69, 9.17) is 0 Å². The van der Waals surface area contributed by atoms with Gasteiger partial charge in [-0.2, -0.15) is 0 Å². The summed E-state index contributed by atoms with van der Waals surface area (Å²) in [5.41, 5.74) is 1.42. The van der Waals surface area contributed by atoms with Gasteiger partial charge in [0.05, 0.1) is 6.54 Å². The molecular formula is C16H22N2S. The van der Waals surface area contributed by atoms with Crippen molar-refractivity contribution in [2.24, 2.45) is 10.9 Å². The van der Waals surface area contributed by atoms with Crippen LogP contribution in [0.1, 0.15) is 31.7 Å². The van der Waals surface area contributed by atoms with Crippen molar-refractivity contribution in [2.45, 2.75) is 43.9 Å². The number of aryl methyl sites for hydroxylation is 1. The third kappa shape index (κ3) is 3.75. The van der Waals surface area contributed by atoms with Gasteiger partial charge in [-0.25, -0.2) is 0 Å². The van der Waals surface area contributed by atoms with Crippen molar-refractivity contribution >= 4 is 16.9 Å². The van der Waals surface area contributed by atoms with Crippen LogP contribution in [0.3, 0.4) is 0 Å². The Kier molecular flexibility index (Phi) is 4.12.